The van der Waals surface area contributed by atoms with E-state index in [0.717, 1.165) is 12.8 Å². The Labute approximate surface area is 102 Å². The maximum Gasteiger partial charge on any atom is 0.183 e. The molecule has 1 N–H and O–H groups in total. The van der Waals surface area contributed by atoms with E-state index in [4.69, 9.17) is 4.74 Å². The van der Waals surface area contributed by atoms with Crippen molar-refractivity contribution in [3.63, 3.8) is 0 Å². The van der Waals surface area contributed by atoms with E-state index in [-0.39, 0.29) is 10.6 Å². The molecule has 0 atom stereocenters. The summed E-state index contributed by atoms with van der Waals surface area (Å²) in [4.78, 5) is 0.278. The first kappa shape index (κ1) is 12.4. The second kappa shape index (κ2) is 5.06. The second-order valence-electron chi connectivity index (χ2n) is 4.20. The maximum absolute atomic E-state index is 12.1. The van der Waals surface area contributed by atoms with Crippen molar-refractivity contribution in [2.24, 2.45) is 0 Å². The van der Waals surface area contributed by atoms with Gasteiger partial charge in [-0.2, -0.15) is 0 Å². The minimum Gasteiger partial charge on any atom is -0.495 e. The molecule has 5 heteroatoms. The lowest BCUT2D eigenvalue weighted by molar-refractivity contribution is 0.402. The summed E-state index contributed by atoms with van der Waals surface area (Å²) in [5, 5.41) is 3.20. The molecule has 2 rings (SSSR count). The van der Waals surface area contributed by atoms with Crippen LogP contribution in [-0.4, -0.2) is 33.9 Å². The zero-order valence-electron chi connectivity index (χ0n) is 9.85. The smallest absolute Gasteiger partial charge is 0.183 e. The molecule has 0 radical (unpaired) electrons. The van der Waals surface area contributed by atoms with Crippen LogP contribution in [0.25, 0.3) is 0 Å². The van der Waals surface area contributed by atoms with Crippen LogP contribution in [0.4, 0.5) is 0 Å². The molecule has 1 saturated carbocycles. The third-order valence-electron chi connectivity index (χ3n) is 2.79. The molecule has 0 aromatic heterocycles. The van der Waals surface area contributed by atoms with Gasteiger partial charge in [0, 0.05) is 12.6 Å². The summed E-state index contributed by atoms with van der Waals surface area (Å²) in [5.74, 6) is 0.531. The zero-order valence-corrected chi connectivity index (χ0v) is 10.7. The lowest BCUT2D eigenvalue weighted by Crippen LogP contribution is -2.24. The molecular weight excluding hydrogens is 238 g/mol. The topological polar surface area (TPSA) is 55.4 Å². The Morgan fingerprint density at radius 3 is 2.71 bits per heavy atom. The number of benzene rings is 1. The van der Waals surface area contributed by atoms with Gasteiger partial charge >= 0.3 is 0 Å². The van der Waals surface area contributed by atoms with Gasteiger partial charge in [0.1, 0.15) is 10.6 Å². The Hall–Kier alpha value is -1.07. The summed E-state index contributed by atoms with van der Waals surface area (Å²) >= 11 is 0. The van der Waals surface area contributed by atoms with E-state index in [1.807, 2.05) is 0 Å². The summed E-state index contributed by atoms with van der Waals surface area (Å²) in [5.41, 5.74) is 0. The van der Waals surface area contributed by atoms with Crippen molar-refractivity contribution in [3.8, 4) is 5.75 Å². The first-order valence-electron chi connectivity index (χ1n) is 5.72. The largest absolute Gasteiger partial charge is 0.495 e. The number of methoxy groups -OCH3 is 1. The van der Waals surface area contributed by atoms with E-state index >= 15 is 0 Å². The van der Waals surface area contributed by atoms with Crippen molar-refractivity contribution >= 4 is 9.84 Å². The van der Waals surface area contributed by atoms with E-state index < -0.39 is 9.84 Å². The standard InChI is InChI=1S/C12H17NO3S/c1-16-11-4-2-3-5-12(11)17(14,15)9-8-13-10-6-7-10/h2-5,10,13H,6-9H2,1H3. The Kier molecular flexibility index (Phi) is 3.69. The Bertz CT molecular complexity index is 480. The second-order valence-corrected chi connectivity index (χ2v) is 6.28. The predicted octanol–water partition coefficient (Wildman–Crippen LogP) is 1.22. The highest BCUT2D eigenvalue weighted by Crippen LogP contribution is 2.24. The normalized spacial score (nSPS) is 15.8. The van der Waals surface area contributed by atoms with E-state index in [1.54, 1.807) is 24.3 Å². The third kappa shape index (κ3) is 3.20. The fraction of sp³-hybridized carbons (Fsp3) is 0.500. The minimum atomic E-state index is -3.26. The van der Waals surface area contributed by atoms with Crippen molar-refractivity contribution in [2.75, 3.05) is 19.4 Å². The van der Waals surface area contributed by atoms with Gasteiger partial charge in [-0.1, -0.05) is 12.1 Å². The number of rotatable bonds is 6. The number of hydrogen-bond acceptors (Lipinski definition) is 4. The quantitative estimate of drug-likeness (QED) is 0.830. The molecular formula is C12H17NO3S. The Balaban J connectivity index is 2.06. The Morgan fingerprint density at radius 2 is 2.06 bits per heavy atom. The van der Waals surface area contributed by atoms with Crippen LogP contribution >= 0.6 is 0 Å². The first-order chi connectivity index (χ1) is 8.13. The molecule has 17 heavy (non-hydrogen) atoms. The fourth-order valence-corrected chi connectivity index (χ4v) is 3.02. The summed E-state index contributed by atoms with van der Waals surface area (Å²) in [7, 11) is -1.78. The van der Waals surface area contributed by atoms with Crippen molar-refractivity contribution in [1.29, 1.82) is 0 Å². The zero-order chi connectivity index (χ0) is 12.3. The SMILES string of the molecule is COc1ccccc1S(=O)(=O)CCNC1CC1. The summed E-state index contributed by atoms with van der Waals surface area (Å²) in [6, 6.07) is 7.26. The molecule has 0 saturated heterocycles. The molecule has 4 nitrogen and oxygen atoms in total. The highest BCUT2D eigenvalue weighted by atomic mass is 32.2. The highest BCUT2D eigenvalue weighted by Gasteiger charge is 2.23. The van der Waals surface area contributed by atoms with Gasteiger partial charge in [0.25, 0.3) is 0 Å². The van der Waals surface area contributed by atoms with E-state index in [2.05, 4.69) is 5.32 Å². The van der Waals surface area contributed by atoms with E-state index in [0.29, 0.717) is 18.3 Å². The van der Waals surface area contributed by atoms with Gasteiger partial charge in [-0.3, -0.25) is 0 Å². The molecule has 0 heterocycles. The van der Waals surface area contributed by atoms with E-state index in [9.17, 15) is 8.42 Å². The van der Waals surface area contributed by atoms with Gasteiger partial charge in [0.2, 0.25) is 0 Å². The molecule has 1 fully saturated rings. The van der Waals surface area contributed by atoms with Crippen LogP contribution in [0.15, 0.2) is 29.2 Å². The van der Waals surface area contributed by atoms with Crippen LogP contribution in [0.1, 0.15) is 12.8 Å². The molecule has 1 aliphatic carbocycles. The molecule has 1 aliphatic rings. The molecule has 0 bridgehead atoms. The number of ether oxygens (including phenoxy) is 1. The van der Waals surface area contributed by atoms with Crippen molar-refractivity contribution in [1.82, 2.24) is 5.32 Å². The molecule has 0 amide bonds. The number of para-hydroxylation sites is 1. The van der Waals surface area contributed by atoms with Crippen molar-refractivity contribution < 1.29 is 13.2 Å². The predicted molar refractivity (Wildman–Crippen MR) is 66.1 cm³/mol. The van der Waals surface area contributed by atoms with Crippen LogP contribution in [0.3, 0.4) is 0 Å². The number of hydrogen-bond donors (Lipinski definition) is 1. The monoisotopic (exact) mass is 255 g/mol. The van der Waals surface area contributed by atoms with Gasteiger partial charge in [-0.15, -0.1) is 0 Å². The molecule has 0 aliphatic heterocycles. The molecule has 0 unspecified atom stereocenters. The number of sulfone groups is 1. The minimum absolute atomic E-state index is 0.115. The molecule has 1 aromatic rings. The van der Waals surface area contributed by atoms with Gasteiger partial charge in [0.05, 0.1) is 12.9 Å². The Morgan fingerprint density at radius 1 is 1.35 bits per heavy atom. The lowest BCUT2D eigenvalue weighted by Gasteiger charge is -2.09. The van der Waals surface area contributed by atoms with Crippen LogP contribution in [0.2, 0.25) is 0 Å². The van der Waals surface area contributed by atoms with Crippen LogP contribution in [0.5, 0.6) is 5.75 Å². The maximum atomic E-state index is 12.1. The highest BCUT2D eigenvalue weighted by molar-refractivity contribution is 7.91. The summed E-state index contributed by atoms with van der Waals surface area (Å²) in [6.45, 7) is 0.505. The van der Waals surface area contributed by atoms with Crippen LogP contribution in [0, 0.1) is 0 Å². The summed E-state index contributed by atoms with van der Waals surface area (Å²) < 4.78 is 29.3. The molecule has 1 aromatic carbocycles. The fourth-order valence-electron chi connectivity index (χ4n) is 1.67. The van der Waals surface area contributed by atoms with Crippen LogP contribution < -0.4 is 10.1 Å². The van der Waals surface area contributed by atoms with Gasteiger partial charge in [-0.05, 0) is 25.0 Å². The summed E-state index contributed by atoms with van der Waals surface area (Å²) in [6.07, 6.45) is 2.32. The average Bonchev–Trinajstić information content (AvgIpc) is 3.13. The van der Waals surface area contributed by atoms with Crippen molar-refractivity contribution in [2.45, 2.75) is 23.8 Å². The lowest BCUT2D eigenvalue weighted by atomic mass is 10.3. The third-order valence-corrected chi connectivity index (χ3v) is 4.53. The molecule has 94 valence electrons. The van der Waals surface area contributed by atoms with Crippen LogP contribution in [-0.2, 0) is 9.84 Å². The van der Waals surface area contributed by atoms with Gasteiger partial charge < -0.3 is 10.1 Å². The van der Waals surface area contributed by atoms with Gasteiger partial charge in [0.15, 0.2) is 9.84 Å². The van der Waals surface area contributed by atoms with Crippen molar-refractivity contribution in [3.05, 3.63) is 24.3 Å². The first-order valence-corrected chi connectivity index (χ1v) is 7.38. The molecule has 0 spiro atoms. The number of nitrogens with one attached hydrogen (secondary N) is 1. The van der Waals surface area contributed by atoms with Gasteiger partial charge in [-0.25, -0.2) is 8.42 Å². The van der Waals surface area contributed by atoms with E-state index in [1.165, 1.54) is 7.11 Å². The average molecular weight is 255 g/mol.